The van der Waals surface area contributed by atoms with Crippen molar-refractivity contribution in [3.63, 3.8) is 0 Å². The van der Waals surface area contributed by atoms with Gasteiger partial charge in [0, 0.05) is 5.75 Å². The average molecular weight is 186 g/mol. The Morgan fingerprint density at radius 3 is 2.27 bits per heavy atom. The second-order valence-corrected chi connectivity index (χ2v) is 3.79. The van der Waals surface area contributed by atoms with Gasteiger partial charge in [-0.3, -0.25) is 0 Å². The molecule has 0 bridgehead atoms. The highest BCUT2D eigenvalue weighted by Gasteiger charge is 2.53. The number of rotatable bonds is 0. The van der Waals surface area contributed by atoms with Crippen LogP contribution < -0.4 is 0 Å². The Hall–Kier alpha value is 0.100. The predicted molar refractivity (Wildman–Crippen MR) is 37.6 cm³/mol. The van der Waals surface area contributed by atoms with Crippen LogP contribution in [0.1, 0.15) is 12.8 Å². The van der Waals surface area contributed by atoms with E-state index in [1.165, 1.54) is 0 Å². The zero-order valence-corrected chi connectivity index (χ0v) is 6.63. The highest BCUT2D eigenvalue weighted by atomic mass is 32.2. The number of alkyl halides is 3. The van der Waals surface area contributed by atoms with Crippen molar-refractivity contribution in [3.05, 3.63) is 0 Å². The highest BCUT2D eigenvalue weighted by molar-refractivity contribution is 7.99. The van der Waals surface area contributed by atoms with E-state index in [9.17, 15) is 13.2 Å². The van der Waals surface area contributed by atoms with Gasteiger partial charge in [0.05, 0.1) is 0 Å². The summed E-state index contributed by atoms with van der Waals surface area (Å²) in [7, 11) is 0. The molecule has 0 saturated carbocycles. The van der Waals surface area contributed by atoms with E-state index in [0.717, 1.165) is 17.5 Å². The lowest BCUT2D eigenvalue weighted by Crippen LogP contribution is -2.49. The molecule has 0 aromatic rings. The Labute approximate surface area is 67.0 Å². The zero-order chi connectivity index (χ0) is 8.54. The summed E-state index contributed by atoms with van der Waals surface area (Å²) in [6.07, 6.45) is -4.16. The minimum Gasteiger partial charge on any atom is -0.380 e. The molecule has 0 aliphatic carbocycles. The van der Waals surface area contributed by atoms with E-state index in [1.54, 1.807) is 0 Å². The van der Waals surface area contributed by atoms with Crippen molar-refractivity contribution >= 4 is 11.8 Å². The SMILES string of the molecule is OC1(C(F)(F)F)CCCSC1. The number of hydrogen-bond acceptors (Lipinski definition) is 2. The second kappa shape index (κ2) is 2.86. The summed E-state index contributed by atoms with van der Waals surface area (Å²) in [6.45, 7) is 0. The second-order valence-electron chi connectivity index (χ2n) is 2.69. The van der Waals surface area contributed by atoms with Gasteiger partial charge < -0.3 is 5.11 Å². The number of hydrogen-bond donors (Lipinski definition) is 1. The molecule has 1 N–H and O–H groups in total. The molecule has 1 aliphatic rings. The number of thioether (sulfide) groups is 1. The monoisotopic (exact) mass is 186 g/mol. The zero-order valence-electron chi connectivity index (χ0n) is 5.82. The quantitative estimate of drug-likeness (QED) is 0.622. The maximum atomic E-state index is 12.1. The van der Waals surface area contributed by atoms with Crippen LogP contribution in [0.5, 0.6) is 0 Å². The predicted octanol–water partition coefficient (Wildman–Crippen LogP) is 1.81. The van der Waals surface area contributed by atoms with E-state index in [0.29, 0.717) is 6.42 Å². The van der Waals surface area contributed by atoms with Gasteiger partial charge in [-0.05, 0) is 18.6 Å². The van der Waals surface area contributed by atoms with Crippen LogP contribution >= 0.6 is 11.8 Å². The Balaban J connectivity index is 2.64. The van der Waals surface area contributed by atoms with Crippen molar-refractivity contribution in [2.24, 2.45) is 0 Å². The molecule has 0 amide bonds. The fraction of sp³-hybridized carbons (Fsp3) is 1.00. The Morgan fingerprint density at radius 2 is 2.00 bits per heavy atom. The summed E-state index contributed by atoms with van der Waals surface area (Å²) in [6, 6.07) is 0. The van der Waals surface area contributed by atoms with Gasteiger partial charge in [0.25, 0.3) is 0 Å². The van der Waals surface area contributed by atoms with Crippen molar-refractivity contribution in [3.8, 4) is 0 Å². The van der Waals surface area contributed by atoms with E-state index in [1.807, 2.05) is 0 Å². The molecule has 1 atom stereocenters. The fourth-order valence-corrected chi connectivity index (χ4v) is 2.14. The smallest absolute Gasteiger partial charge is 0.380 e. The van der Waals surface area contributed by atoms with Crippen LogP contribution in [0.2, 0.25) is 0 Å². The van der Waals surface area contributed by atoms with Crippen LogP contribution in [0.15, 0.2) is 0 Å². The lowest BCUT2D eigenvalue weighted by molar-refractivity contribution is -0.253. The largest absolute Gasteiger partial charge is 0.417 e. The number of halogens is 3. The lowest BCUT2D eigenvalue weighted by atomic mass is 9.99. The van der Waals surface area contributed by atoms with Crippen molar-refractivity contribution in [2.75, 3.05) is 11.5 Å². The summed E-state index contributed by atoms with van der Waals surface area (Å²) in [5, 5.41) is 9.06. The molecule has 1 nitrogen and oxygen atoms in total. The first-order valence-electron chi connectivity index (χ1n) is 3.33. The van der Waals surface area contributed by atoms with Gasteiger partial charge in [-0.15, -0.1) is 0 Å². The fourth-order valence-electron chi connectivity index (χ4n) is 1.00. The molecule has 0 aromatic heterocycles. The maximum absolute atomic E-state index is 12.1. The Morgan fingerprint density at radius 1 is 1.36 bits per heavy atom. The molecule has 11 heavy (non-hydrogen) atoms. The van der Waals surface area contributed by atoms with Gasteiger partial charge in [-0.1, -0.05) is 0 Å². The third-order valence-corrected chi connectivity index (χ3v) is 3.01. The molecule has 1 fully saturated rings. The summed E-state index contributed by atoms with van der Waals surface area (Å²) in [4.78, 5) is 0. The molecule has 0 spiro atoms. The molecule has 1 heterocycles. The van der Waals surface area contributed by atoms with Gasteiger partial charge in [0.15, 0.2) is 5.60 Å². The minimum atomic E-state index is -4.46. The van der Waals surface area contributed by atoms with E-state index in [2.05, 4.69) is 0 Å². The molecular weight excluding hydrogens is 177 g/mol. The van der Waals surface area contributed by atoms with E-state index in [4.69, 9.17) is 5.11 Å². The van der Waals surface area contributed by atoms with Gasteiger partial charge in [0.2, 0.25) is 0 Å². The molecule has 1 saturated heterocycles. The van der Waals surface area contributed by atoms with E-state index >= 15 is 0 Å². The molecule has 1 aliphatic heterocycles. The van der Waals surface area contributed by atoms with Crippen LogP contribution in [0.3, 0.4) is 0 Å². The molecule has 1 unspecified atom stereocenters. The molecular formula is C6H9F3OS. The van der Waals surface area contributed by atoms with Gasteiger partial charge in [-0.2, -0.15) is 24.9 Å². The van der Waals surface area contributed by atoms with Gasteiger partial charge in [-0.25, -0.2) is 0 Å². The van der Waals surface area contributed by atoms with E-state index in [-0.39, 0.29) is 12.2 Å². The summed E-state index contributed by atoms with van der Waals surface area (Å²) in [5.41, 5.74) is -2.42. The third-order valence-electron chi connectivity index (χ3n) is 1.75. The Bertz CT molecular complexity index is 139. The van der Waals surface area contributed by atoms with Crippen molar-refractivity contribution in [1.29, 1.82) is 0 Å². The Kier molecular flexibility index (Phi) is 2.39. The topological polar surface area (TPSA) is 20.2 Å². The first-order valence-corrected chi connectivity index (χ1v) is 4.48. The summed E-state index contributed by atoms with van der Waals surface area (Å²) >= 11 is 1.16. The van der Waals surface area contributed by atoms with Gasteiger partial charge >= 0.3 is 6.18 Å². The lowest BCUT2D eigenvalue weighted by Gasteiger charge is -2.33. The van der Waals surface area contributed by atoms with Crippen LogP contribution in [0.4, 0.5) is 13.2 Å². The molecule has 0 radical (unpaired) electrons. The standard InChI is InChI=1S/C6H9F3OS/c7-6(8,9)5(10)2-1-3-11-4-5/h10H,1-4H2. The minimum absolute atomic E-state index is 0.149. The third kappa shape index (κ3) is 1.82. The van der Waals surface area contributed by atoms with Crippen LogP contribution in [-0.2, 0) is 0 Å². The molecule has 5 heteroatoms. The first kappa shape index (κ1) is 9.19. The van der Waals surface area contributed by atoms with Crippen molar-refractivity contribution in [2.45, 2.75) is 24.6 Å². The number of aliphatic hydroxyl groups is 1. The summed E-state index contributed by atoms with van der Waals surface area (Å²) in [5.74, 6) is 0.509. The van der Waals surface area contributed by atoms with Crippen molar-refractivity contribution < 1.29 is 18.3 Å². The summed E-state index contributed by atoms with van der Waals surface area (Å²) < 4.78 is 36.2. The van der Waals surface area contributed by atoms with Gasteiger partial charge in [0.1, 0.15) is 0 Å². The molecule has 0 aromatic carbocycles. The van der Waals surface area contributed by atoms with Crippen LogP contribution in [0, 0.1) is 0 Å². The maximum Gasteiger partial charge on any atom is 0.417 e. The normalized spacial score (nSPS) is 33.8. The average Bonchev–Trinajstić information content (AvgIpc) is 1.87. The van der Waals surface area contributed by atoms with E-state index < -0.39 is 11.8 Å². The molecule has 1 rings (SSSR count). The molecule has 66 valence electrons. The first-order chi connectivity index (χ1) is 4.96. The highest BCUT2D eigenvalue weighted by Crippen LogP contribution is 2.39. The van der Waals surface area contributed by atoms with Crippen LogP contribution in [-0.4, -0.2) is 28.4 Å². The van der Waals surface area contributed by atoms with Crippen LogP contribution in [0.25, 0.3) is 0 Å². The van der Waals surface area contributed by atoms with Crippen molar-refractivity contribution in [1.82, 2.24) is 0 Å².